The molecule has 0 aliphatic carbocycles. The fraction of sp³-hybridized carbons (Fsp3) is 0.500. The summed E-state index contributed by atoms with van der Waals surface area (Å²) in [5.41, 5.74) is 3.84. The van der Waals surface area contributed by atoms with Crippen molar-refractivity contribution in [2.75, 3.05) is 14.2 Å². The number of hydrogen-bond acceptors (Lipinski definition) is 3. The molecule has 0 unspecified atom stereocenters. The number of rotatable bonds is 4. The summed E-state index contributed by atoms with van der Waals surface area (Å²) < 4.78 is 24.9. The third-order valence-corrected chi connectivity index (χ3v) is 6.69. The van der Waals surface area contributed by atoms with Crippen molar-refractivity contribution >= 4 is 10.8 Å². The van der Waals surface area contributed by atoms with Crippen LogP contribution in [-0.4, -0.2) is 18.4 Å². The van der Waals surface area contributed by atoms with Crippen LogP contribution in [0.4, 0.5) is 0 Å². The number of ether oxygens (including phenoxy) is 2. The van der Waals surface area contributed by atoms with Gasteiger partial charge in [0.05, 0.1) is 25.0 Å². The Labute approximate surface area is 172 Å². The van der Waals surface area contributed by atoms with Crippen LogP contribution in [0.25, 0.3) is 0 Å². The van der Waals surface area contributed by atoms with Gasteiger partial charge >= 0.3 is 0 Å². The molecule has 0 aliphatic rings. The van der Waals surface area contributed by atoms with E-state index in [9.17, 15) is 4.21 Å². The van der Waals surface area contributed by atoms with Crippen molar-refractivity contribution in [3.8, 4) is 11.5 Å². The molecule has 0 aromatic heterocycles. The lowest BCUT2D eigenvalue weighted by molar-refractivity contribution is 0.396. The quantitative estimate of drug-likeness (QED) is 0.621. The predicted octanol–water partition coefficient (Wildman–Crippen LogP) is 6.08. The van der Waals surface area contributed by atoms with E-state index in [4.69, 9.17) is 9.47 Å². The van der Waals surface area contributed by atoms with Crippen molar-refractivity contribution in [2.24, 2.45) is 0 Å². The Hall–Kier alpha value is -1.81. The molecular formula is C24H34O3S. The van der Waals surface area contributed by atoms with Gasteiger partial charge in [-0.1, -0.05) is 41.5 Å². The molecule has 0 spiro atoms. The second-order valence-electron chi connectivity index (χ2n) is 9.40. The Bertz CT molecular complexity index is 826. The van der Waals surface area contributed by atoms with Gasteiger partial charge in [0, 0.05) is 20.9 Å². The number of benzene rings is 2. The molecule has 0 fully saturated rings. The van der Waals surface area contributed by atoms with Crippen molar-refractivity contribution in [3.05, 3.63) is 46.5 Å². The molecule has 28 heavy (non-hydrogen) atoms. The molecule has 154 valence electrons. The Morgan fingerprint density at radius 1 is 0.679 bits per heavy atom. The molecule has 3 nitrogen and oxygen atoms in total. The minimum absolute atomic E-state index is 0.108. The van der Waals surface area contributed by atoms with Gasteiger partial charge in [0.25, 0.3) is 0 Å². The third-order valence-electron chi connectivity index (χ3n) is 5.01. The molecule has 4 heteroatoms. The van der Waals surface area contributed by atoms with Gasteiger partial charge in [-0.25, -0.2) is 4.21 Å². The molecule has 2 aromatic rings. The van der Waals surface area contributed by atoms with Crippen molar-refractivity contribution in [1.29, 1.82) is 0 Å². The van der Waals surface area contributed by atoms with Crippen LogP contribution in [0.5, 0.6) is 11.5 Å². The van der Waals surface area contributed by atoms with Crippen molar-refractivity contribution in [3.63, 3.8) is 0 Å². The lowest BCUT2D eigenvalue weighted by atomic mass is 9.86. The lowest BCUT2D eigenvalue weighted by Crippen LogP contribution is -2.15. The van der Waals surface area contributed by atoms with Gasteiger partial charge in [-0.3, -0.25) is 0 Å². The van der Waals surface area contributed by atoms with E-state index < -0.39 is 10.8 Å². The summed E-state index contributed by atoms with van der Waals surface area (Å²) >= 11 is 0. The Morgan fingerprint density at radius 3 is 1.25 bits per heavy atom. The number of aryl methyl sites for hydroxylation is 2. The zero-order valence-corrected chi connectivity index (χ0v) is 19.8. The minimum Gasteiger partial charge on any atom is -0.496 e. The van der Waals surface area contributed by atoms with E-state index in [-0.39, 0.29) is 10.8 Å². The Kier molecular flexibility index (Phi) is 6.34. The van der Waals surface area contributed by atoms with E-state index in [1.54, 1.807) is 14.2 Å². The summed E-state index contributed by atoms with van der Waals surface area (Å²) in [7, 11) is 2.08. The molecule has 0 N–H and O–H groups in total. The van der Waals surface area contributed by atoms with E-state index in [1.807, 2.05) is 38.1 Å². The van der Waals surface area contributed by atoms with E-state index in [1.165, 1.54) is 0 Å². The van der Waals surface area contributed by atoms with Gasteiger partial charge in [0.2, 0.25) is 0 Å². The minimum atomic E-state index is -1.29. The Morgan fingerprint density at radius 2 is 1.00 bits per heavy atom. The first-order chi connectivity index (χ1) is 12.8. The van der Waals surface area contributed by atoms with E-state index >= 15 is 0 Å². The first-order valence-corrected chi connectivity index (χ1v) is 10.8. The maximum Gasteiger partial charge on any atom is 0.122 e. The van der Waals surface area contributed by atoms with Crippen LogP contribution in [0.15, 0.2) is 34.1 Å². The molecule has 0 saturated carbocycles. The second kappa shape index (κ2) is 7.90. The van der Waals surface area contributed by atoms with Crippen LogP contribution in [0.2, 0.25) is 0 Å². The molecular weight excluding hydrogens is 368 g/mol. The molecule has 0 aliphatic heterocycles. The van der Waals surface area contributed by atoms with Gasteiger partial charge in [-0.15, -0.1) is 0 Å². The normalized spacial score (nSPS) is 12.4. The average Bonchev–Trinajstić information content (AvgIpc) is 2.58. The van der Waals surface area contributed by atoms with Crippen LogP contribution in [0, 0.1) is 13.8 Å². The van der Waals surface area contributed by atoms with Crippen LogP contribution in [0.3, 0.4) is 0 Å². The highest BCUT2D eigenvalue weighted by Gasteiger charge is 2.26. The van der Waals surface area contributed by atoms with Crippen LogP contribution >= 0.6 is 0 Å². The van der Waals surface area contributed by atoms with Crippen LogP contribution < -0.4 is 9.47 Å². The monoisotopic (exact) mass is 402 g/mol. The fourth-order valence-electron chi connectivity index (χ4n) is 3.35. The van der Waals surface area contributed by atoms with Crippen LogP contribution in [-0.2, 0) is 21.6 Å². The lowest BCUT2D eigenvalue weighted by Gasteiger charge is -2.25. The molecule has 0 bridgehead atoms. The largest absolute Gasteiger partial charge is 0.496 e. The maximum absolute atomic E-state index is 13.7. The first-order valence-electron chi connectivity index (χ1n) is 9.61. The SMILES string of the molecule is COc1cc(C)c(S(=O)c2cc(C(C)(C)C)c(OC)cc2C)cc1C(C)(C)C. The Balaban J connectivity index is 2.70. The number of hydrogen-bond donors (Lipinski definition) is 0. The van der Waals surface area contributed by atoms with Crippen molar-refractivity contribution < 1.29 is 13.7 Å². The maximum atomic E-state index is 13.7. The zero-order valence-electron chi connectivity index (χ0n) is 18.9. The fourth-order valence-corrected chi connectivity index (χ4v) is 4.74. The van der Waals surface area contributed by atoms with Gasteiger partial charge in [0.15, 0.2) is 0 Å². The summed E-state index contributed by atoms with van der Waals surface area (Å²) in [6.45, 7) is 16.8. The summed E-state index contributed by atoms with van der Waals surface area (Å²) in [6, 6.07) is 8.09. The predicted molar refractivity (Wildman–Crippen MR) is 118 cm³/mol. The van der Waals surface area contributed by atoms with Gasteiger partial charge < -0.3 is 9.47 Å². The smallest absolute Gasteiger partial charge is 0.122 e. The summed E-state index contributed by atoms with van der Waals surface area (Å²) in [6.07, 6.45) is 0. The molecule has 0 atom stereocenters. The molecule has 2 aromatic carbocycles. The van der Waals surface area contributed by atoms with Crippen LogP contribution in [0.1, 0.15) is 63.8 Å². The zero-order chi connectivity index (χ0) is 21.4. The molecule has 0 radical (unpaired) electrons. The second-order valence-corrected chi connectivity index (χ2v) is 10.8. The van der Waals surface area contributed by atoms with Gasteiger partial charge in [-0.2, -0.15) is 0 Å². The third kappa shape index (κ3) is 4.43. The summed E-state index contributed by atoms with van der Waals surface area (Å²) in [4.78, 5) is 1.66. The van der Waals surface area contributed by atoms with Gasteiger partial charge in [-0.05, 0) is 60.1 Å². The average molecular weight is 403 g/mol. The van der Waals surface area contributed by atoms with E-state index in [2.05, 4.69) is 41.5 Å². The first kappa shape index (κ1) is 22.5. The summed E-state index contributed by atoms with van der Waals surface area (Å²) in [5, 5.41) is 0. The van der Waals surface area contributed by atoms with E-state index in [0.717, 1.165) is 43.5 Å². The number of methoxy groups -OCH3 is 2. The van der Waals surface area contributed by atoms with Gasteiger partial charge in [0.1, 0.15) is 11.5 Å². The standard InChI is InChI=1S/C24H34O3S/c1-15-11-19(26-9)17(23(3,4)5)13-21(15)28(25)22-14-18(24(6,7)8)20(27-10)12-16(22)2/h11-14H,1-10H3. The summed E-state index contributed by atoms with van der Waals surface area (Å²) in [5.74, 6) is 1.68. The molecule has 0 heterocycles. The topological polar surface area (TPSA) is 35.5 Å². The van der Waals surface area contributed by atoms with Crippen molar-refractivity contribution in [2.45, 2.75) is 76.0 Å². The molecule has 2 rings (SSSR count). The molecule has 0 saturated heterocycles. The highest BCUT2D eigenvalue weighted by Crippen LogP contribution is 2.38. The highest BCUT2D eigenvalue weighted by molar-refractivity contribution is 7.85. The van der Waals surface area contributed by atoms with E-state index in [0.29, 0.717) is 0 Å². The van der Waals surface area contributed by atoms with Crippen molar-refractivity contribution in [1.82, 2.24) is 0 Å². The molecule has 0 amide bonds. The highest BCUT2D eigenvalue weighted by atomic mass is 32.2.